The first kappa shape index (κ1) is 19.5. The summed E-state index contributed by atoms with van der Waals surface area (Å²) in [5.41, 5.74) is 6.65. The van der Waals surface area contributed by atoms with E-state index in [1.54, 1.807) is 0 Å². The molecule has 0 unspecified atom stereocenters. The normalized spacial score (nSPS) is 18.0. The molecule has 1 amide bonds. The maximum Gasteiger partial charge on any atom is 0.240 e. The van der Waals surface area contributed by atoms with Crippen molar-refractivity contribution in [2.24, 2.45) is 0 Å². The Labute approximate surface area is 175 Å². The Morgan fingerprint density at radius 2 is 1.86 bits per heavy atom. The number of carbonyl (C=O) groups excluding carboxylic acids is 1. The molecule has 0 radical (unpaired) electrons. The van der Waals surface area contributed by atoms with Crippen molar-refractivity contribution in [3.05, 3.63) is 71.5 Å². The van der Waals surface area contributed by atoms with Crippen LogP contribution in [0.2, 0.25) is 0 Å². The standard InChI is InChI=1S/C22H25N5OS/c1-3-8-18-24-25-22-27(18)26-19(16-13-11-15(4-2)12-14-16)20(29-22)21(28)23-17-9-6-5-7-10-17/h5-7,9-14,19-20,26H,3-4,8H2,1-2H3,(H,23,28)/t19-,20+/m0/s1. The number of fused-ring (bicyclic) bond motifs is 1. The summed E-state index contributed by atoms with van der Waals surface area (Å²) < 4.78 is 1.94. The fourth-order valence-corrected chi connectivity index (χ4v) is 4.53. The Hall–Kier alpha value is -2.80. The lowest BCUT2D eigenvalue weighted by atomic mass is 10.0. The molecule has 1 aromatic heterocycles. The van der Waals surface area contributed by atoms with Crippen LogP contribution in [-0.4, -0.2) is 26.0 Å². The number of carbonyl (C=O) groups is 1. The molecular formula is C22H25N5OS. The molecule has 4 rings (SSSR count). The molecule has 3 aromatic rings. The number of nitrogens with one attached hydrogen (secondary N) is 2. The molecule has 0 bridgehead atoms. The van der Waals surface area contributed by atoms with Crippen LogP contribution in [0.5, 0.6) is 0 Å². The first-order valence-corrected chi connectivity index (χ1v) is 10.9. The van der Waals surface area contributed by atoms with E-state index in [1.165, 1.54) is 17.3 Å². The van der Waals surface area contributed by atoms with E-state index in [4.69, 9.17) is 0 Å². The van der Waals surface area contributed by atoms with E-state index >= 15 is 0 Å². The smallest absolute Gasteiger partial charge is 0.240 e. The van der Waals surface area contributed by atoms with E-state index in [-0.39, 0.29) is 17.2 Å². The number of hydrogen-bond acceptors (Lipinski definition) is 5. The van der Waals surface area contributed by atoms with Gasteiger partial charge in [-0.3, -0.25) is 4.79 Å². The SMILES string of the molecule is CCCc1nnc2n1N[C@@H](c1ccc(CC)cc1)[C@H](C(=O)Nc1ccccc1)S2. The van der Waals surface area contributed by atoms with Gasteiger partial charge in [-0.25, -0.2) is 4.68 Å². The summed E-state index contributed by atoms with van der Waals surface area (Å²) in [6.45, 7) is 4.26. The molecule has 2 aromatic carbocycles. The number of thioether (sulfide) groups is 1. The minimum absolute atomic E-state index is 0.0513. The topological polar surface area (TPSA) is 71.8 Å². The average molecular weight is 408 g/mol. The second-order valence-corrected chi connectivity index (χ2v) is 8.19. The lowest BCUT2D eigenvalue weighted by Gasteiger charge is -2.33. The molecule has 150 valence electrons. The predicted octanol–water partition coefficient (Wildman–Crippen LogP) is 4.19. The number of benzene rings is 2. The summed E-state index contributed by atoms with van der Waals surface area (Å²) in [6.07, 6.45) is 2.81. The van der Waals surface area contributed by atoms with Crippen LogP contribution < -0.4 is 10.7 Å². The van der Waals surface area contributed by atoms with Gasteiger partial charge in [0.1, 0.15) is 5.25 Å². The molecule has 1 aliphatic heterocycles. The average Bonchev–Trinajstić information content (AvgIpc) is 3.16. The van der Waals surface area contributed by atoms with Gasteiger partial charge in [-0.2, -0.15) is 0 Å². The van der Waals surface area contributed by atoms with Crippen LogP contribution in [-0.2, 0) is 17.6 Å². The highest BCUT2D eigenvalue weighted by molar-refractivity contribution is 8.00. The zero-order valence-electron chi connectivity index (χ0n) is 16.6. The summed E-state index contributed by atoms with van der Waals surface area (Å²) >= 11 is 1.46. The Bertz CT molecular complexity index is 971. The fourth-order valence-electron chi connectivity index (χ4n) is 3.43. The molecule has 2 heterocycles. The predicted molar refractivity (Wildman–Crippen MR) is 117 cm³/mol. The van der Waals surface area contributed by atoms with E-state index in [1.807, 2.05) is 35.0 Å². The summed E-state index contributed by atoms with van der Waals surface area (Å²) in [5, 5.41) is 12.0. The Kier molecular flexibility index (Phi) is 5.85. The third kappa shape index (κ3) is 4.15. The summed E-state index contributed by atoms with van der Waals surface area (Å²) in [5.74, 6) is 0.844. The molecule has 0 aliphatic carbocycles. The fraction of sp³-hybridized carbons (Fsp3) is 0.318. The summed E-state index contributed by atoms with van der Waals surface area (Å²) in [6, 6.07) is 17.8. The van der Waals surface area contributed by atoms with E-state index < -0.39 is 0 Å². The van der Waals surface area contributed by atoms with Crippen LogP contribution in [0.25, 0.3) is 0 Å². The van der Waals surface area contributed by atoms with Gasteiger partial charge in [0.05, 0.1) is 6.04 Å². The van der Waals surface area contributed by atoms with Crippen LogP contribution in [0.1, 0.15) is 43.3 Å². The summed E-state index contributed by atoms with van der Waals surface area (Å²) in [7, 11) is 0. The van der Waals surface area contributed by atoms with Gasteiger partial charge >= 0.3 is 0 Å². The second-order valence-electron chi connectivity index (χ2n) is 7.08. The maximum atomic E-state index is 13.2. The molecule has 0 spiro atoms. The van der Waals surface area contributed by atoms with Gasteiger partial charge in [0, 0.05) is 12.1 Å². The third-order valence-electron chi connectivity index (χ3n) is 5.02. The molecule has 0 saturated heterocycles. The van der Waals surface area contributed by atoms with Gasteiger partial charge < -0.3 is 10.7 Å². The van der Waals surface area contributed by atoms with Crippen LogP contribution in [0.15, 0.2) is 59.8 Å². The van der Waals surface area contributed by atoms with E-state index in [0.717, 1.165) is 41.5 Å². The van der Waals surface area contributed by atoms with E-state index in [0.29, 0.717) is 0 Å². The lowest BCUT2D eigenvalue weighted by Crippen LogP contribution is -2.41. The number of nitrogens with zero attached hydrogens (tertiary/aromatic N) is 3. The van der Waals surface area contributed by atoms with Gasteiger partial charge in [-0.15, -0.1) is 10.2 Å². The van der Waals surface area contributed by atoms with Gasteiger partial charge in [0.2, 0.25) is 11.1 Å². The minimum Gasteiger partial charge on any atom is -0.325 e. The van der Waals surface area contributed by atoms with Gasteiger partial charge in [0.15, 0.2) is 5.82 Å². The molecule has 1 aliphatic rings. The number of aryl methyl sites for hydroxylation is 2. The van der Waals surface area contributed by atoms with E-state index in [9.17, 15) is 4.79 Å². The molecule has 7 heteroatoms. The zero-order chi connectivity index (χ0) is 20.2. The lowest BCUT2D eigenvalue weighted by molar-refractivity contribution is -0.116. The van der Waals surface area contributed by atoms with Crippen LogP contribution in [0, 0.1) is 0 Å². The second kappa shape index (κ2) is 8.69. The molecule has 0 fully saturated rings. The zero-order valence-corrected chi connectivity index (χ0v) is 17.4. The van der Waals surface area contributed by atoms with Crippen LogP contribution in [0.4, 0.5) is 5.69 Å². The number of aromatic nitrogens is 3. The van der Waals surface area contributed by atoms with Crippen LogP contribution in [0.3, 0.4) is 0 Å². The van der Waals surface area contributed by atoms with Crippen molar-refractivity contribution in [1.29, 1.82) is 0 Å². The van der Waals surface area contributed by atoms with E-state index in [2.05, 4.69) is 59.1 Å². The third-order valence-corrected chi connectivity index (χ3v) is 6.24. The highest BCUT2D eigenvalue weighted by Crippen LogP contribution is 2.37. The van der Waals surface area contributed by atoms with Crippen molar-refractivity contribution in [2.75, 3.05) is 10.7 Å². The Morgan fingerprint density at radius 3 is 2.55 bits per heavy atom. The first-order chi connectivity index (χ1) is 14.2. The molecule has 0 saturated carbocycles. The molecule has 29 heavy (non-hydrogen) atoms. The number of anilines is 1. The number of amides is 1. The van der Waals surface area contributed by atoms with Crippen molar-refractivity contribution in [1.82, 2.24) is 14.9 Å². The minimum atomic E-state index is -0.367. The largest absolute Gasteiger partial charge is 0.325 e. The number of rotatable bonds is 6. The van der Waals surface area contributed by atoms with Crippen LogP contribution >= 0.6 is 11.8 Å². The molecule has 2 atom stereocenters. The molecule has 6 nitrogen and oxygen atoms in total. The maximum absolute atomic E-state index is 13.2. The van der Waals surface area contributed by atoms with Gasteiger partial charge in [-0.05, 0) is 36.1 Å². The van der Waals surface area contributed by atoms with Crippen molar-refractivity contribution >= 4 is 23.4 Å². The molecular weight excluding hydrogens is 382 g/mol. The highest BCUT2D eigenvalue weighted by atomic mass is 32.2. The Balaban J connectivity index is 1.66. The van der Waals surface area contributed by atoms with Crippen molar-refractivity contribution in [3.8, 4) is 0 Å². The highest BCUT2D eigenvalue weighted by Gasteiger charge is 2.37. The first-order valence-electron chi connectivity index (χ1n) is 10.0. The van der Waals surface area contributed by atoms with Crippen molar-refractivity contribution in [2.45, 2.75) is 49.6 Å². The van der Waals surface area contributed by atoms with Crippen molar-refractivity contribution in [3.63, 3.8) is 0 Å². The Morgan fingerprint density at radius 1 is 1.10 bits per heavy atom. The van der Waals surface area contributed by atoms with Crippen molar-refractivity contribution < 1.29 is 4.79 Å². The molecule has 2 N–H and O–H groups in total. The van der Waals surface area contributed by atoms with Gasteiger partial charge in [-0.1, -0.05) is 68.1 Å². The number of para-hydroxylation sites is 1. The monoisotopic (exact) mass is 407 g/mol. The van der Waals surface area contributed by atoms with Gasteiger partial charge in [0.25, 0.3) is 0 Å². The number of hydrogen-bond donors (Lipinski definition) is 2. The summed E-state index contributed by atoms with van der Waals surface area (Å²) in [4.78, 5) is 13.2. The quantitative estimate of drug-likeness (QED) is 0.641.